The number of aromatic nitrogens is 2. The molecule has 0 saturated carbocycles. The Morgan fingerprint density at radius 1 is 1.15 bits per heavy atom. The van der Waals surface area contributed by atoms with E-state index < -0.39 is 0 Å². The molecule has 0 N–H and O–H groups in total. The normalized spacial score (nSPS) is 20.1. The summed E-state index contributed by atoms with van der Waals surface area (Å²) in [5.74, 6) is 1.90. The first-order valence-electron chi connectivity index (χ1n) is 8.56. The van der Waals surface area contributed by atoms with Crippen molar-refractivity contribution in [1.29, 1.82) is 0 Å². The summed E-state index contributed by atoms with van der Waals surface area (Å²) in [5, 5.41) is 3.91. The Kier molecular flexibility index (Phi) is 4.39. The van der Waals surface area contributed by atoms with Crippen molar-refractivity contribution in [1.82, 2.24) is 15.0 Å². The first-order valence-corrected chi connectivity index (χ1v) is 8.56. The topological polar surface area (TPSA) is 72.4 Å². The van der Waals surface area contributed by atoms with Crippen LogP contribution in [0.3, 0.4) is 0 Å². The standard InChI is InChI=1S/C20H19N3O3/c1-14-21-20(26-22-14)18-13-23(12-17(18)15-6-3-2-4-7-15)19(24)10-9-16-8-5-11-25-16/h2-11,17-18H,12-13H2,1H3/b10-9+/t17-,18+/m1/s1. The highest BCUT2D eigenvalue weighted by molar-refractivity contribution is 5.91. The Balaban J connectivity index is 1.57. The van der Waals surface area contributed by atoms with E-state index in [0.717, 1.165) is 0 Å². The molecule has 3 aromatic rings. The highest BCUT2D eigenvalue weighted by atomic mass is 16.5. The molecule has 0 aliphatic carbocycles. The summed E-state index contributed by atoms with van der Waals surface area (Å²) in [4.78, 5) is 18.9. The molecule has 1 saturated heterocycles. The molecule has 2 aromatic heterocycles. The van der Waals surface area contributed by atoms with Crippen molar-refractivity contribution in [2.45, 2.75) is 18.8 Å². The summed E-state index contributed by atoms with van der Waals surface area (Å²) >= 11 is 0. The maximum atomic E-state index is 12.6. The van der Waals surface area contributed by atoms with Crippen LogP contribution in [0.5, 0.6) is 0 Å². The Hall–Kier alpha value is -3.15. The molecule has 0 spiro atoms. The van der Waals surface area contributed by atoms with E-state index >= 15 is 0 Å². The van der Waals surface area contributed by atoms with Crippen molar-refractivity contribution in [2.75, 3.05) is 13.1 Å². The van der Waals surface area contributed by atoms with Crippen molar-refractivity contribution < 1.29 is 13.7 Å². The number of rotatable bonds is 4. The van der Waals surface area contributed by atoms with E-state index in [-0.39, 0.29) is 17.7 Å². The zero-order valence-corrected chi connectivity index (χ0v) is 14.4. The summed E-state index contributed by atoms with van der Waals surface area (Å²) in [6.45, 7) is 2.95. The van der Waals surface area contributed by atoms with Crippen LogP contribution in [0.4, 0.5) is 0 Å². The van der Waals surface area contributed by atoms with E-state index in [1.807, 2.05) is 29.2 Å². The number of amides is 1. The van der Waals surface area contributed by atoms with E-state index in [0.29, 0.717) is 30.6 Å². The second-order valence-corrected chi connectivity index (χ2v) is 6.40. The molecule has 3 heterocycles. The molecule has 1 amide bonds. The van der Waals surface area contributed by atoms with E-state index in [2.05, 4.69) is 22.3 Å². The van der Waals surface area contributed by atoms with Crippen LogP contribution in [0.15, 0.2) is 63.7 Å². The largest absolute Gasteiger partial charge is 0.465 e. The van der Waals surface area contributed by atoms with Gasteiger partial charge in [-0.1, -0.05) is 35.5 Å². The van der Waals surface area contributed by atoms with Gasteiger partial charge in [0.15, 0.2) is 5.82 Å². The van der Waals surface area contributed by atoms with Gasteiger partial charge in [0, 0.05) is 25.1 Å². The number of nitrogens with zero attached hydrogens (tertiary/aromatic N) is 3. The minimum absolute atomic E-state index is 0.0143. The number of benzene rings is 1. The quantitative estimate of drug-likeness (QED) is 0.675. The molecule has 6 nitrogen and oxygen atoms in total. The van der Waals surface area contributed by atoms with Gasteiger partial charge in [0.2, 0.25) is 11.8 Å². The third-order valence-electron chi connectivity index (χ3n) is 4.65. The first-order chi connectivity index (χ1) is 12.7. The van der Waals surface area contributed by atoms with Gasteiger partial charge in [-0.15, -0.1) is 0 Å². The van der Waals surface area contributed by atoms with E-state index in [4.69, 9.17) is 8.94 Å². The smallest absolute Gasteiger partial charge is 0.246 e. The molecule has 1 aliphatic rings. The van der Waals surface area contributed by atoms with Gasteiger partial charge in [-0.3, -0.25) is 4.79 Å². The van der Waals surface area contributed by atoms with Crippen LogP contribution in [0.25, 0.3) is 6.08 Å². The van der Waals surface area contributed by atoms with Gasteiger partial charge >= 0.3 is 0 Å². The van der Waals surface area contributed by atoms with Crippen molar-refractivity contribution in [3.8, 4) is 0 Å². The lowest BCUT2D eigenvalue weighted by Crippen LogP contribution is -2.26. The van der Waals surface area contributed by atoms with Gasteiger partial charge < -0.3 is 13.8 Å². The van der Waals surface area contributed by atoms with E-state index in [1.54, 1.807) is 31.4 Å². The van der Waals surface area contributed by atoms with Crippen molar-refractivity contribution in [2.24, 2.45) is 0 Å². The Morgan fingerprint density at radius 2 is 1.96 bits per heavy atom. The third-order valence-corrected chi connectivity index (χ3v) is 4.65. The molecule has 0 radical (unpaired) electrons. The number of carbonyl (C=O) groups excluding carboxylic acids is 1. The van der Waals surface area contributed by atoms with Gasteiger partial charge in [-0.2, -0.15) is 4.98 Å². The van der Waals surface area contributed by atoms with Gasteiger partial charge in [0.1, 0.15) is 5.76 Å². The van der Waals surface area contributed by atoms with Gasteiger partial charge in [0.05, 0.1) is 12.2 Å². The number of carbonyl (C=O) groups is 1. The summed E-state index contributed by atoms with van der Waals surface area (Å²) in [6, 6.07) is 13.8. The van der Waals surface area contributed by atoms with Crippen LogP contribution in [0, 0.1) is 6.92 Å². The van der Waals surface area contributed by atoms with E-state index in [9.17, 15) is 4.79 Å². The molecule has 0 unspecified atom stereocenters. The average Bonchev–Trinajstić information content (AvgIpc) is 3.40. The zero-order valence-electron chi connectivity index (χ0n) is 14.4. The third kappa shape index (κ3) is 3.31. The molecule has 26 heavy (non-hydrogen) atoms. The van der Waals surface area contributed by atoms with Crippen molar-refractivity contribution in [3.05, 3.63) is 77.8 Å². The lowest BCUT2D eigenvalue weighted by Gasteiger charge is -2.15. The number of furan rings is 1. The fourth-order valence-corrected chi connectivity index (χ4v) is 3.38. The SMILES string of the molecule is Cc1noc([C@H]2CN(C(=O)/C=C/c3ccco3)C[C@@H]2c2ccccc2)n1. The molecule has 4 rings (SSSR count). The number of hydrogen-bond acceptors (Lipinski definition) is 5. The minimum Gasteiger partial charge on any atom is -0.465 e. The summed E-state index contributed by atoms with van der Waals surface area (Å²) < 4.78 is 10.7. The lowest BCUT2D eigenvalue weighted by molar-refractivity contribution is -0.125. The zero-order chi connectivity index (χ0) is 17.9. The van der Waals surface area contributed by atoms with Crippen LogP contribution < -0.4 is 0 Å². The summed E-state index contributed by atoms with van der Waals surface area (Å²) in [6.07, 6.45) is 4.81. The monoisotopic (exact) mass is 349 g/mol. The number of likely N-dealkylation sites (tertiary alicyclic amines) is 1. The Labute approximate surface area is 151 Å². The van der Waals surface area contributed by atoms with Crippen LogP contribution >= 0.6 is 0 Å². The molecular formula is C20H19N3O3. The highest BCUT2D eigenvalue weighted by Crippen LogP contribution is 2.39. The molecule has 1 aromatic carbocycles. The first kappa shape index (κ1) is 16.3. The molecule has 1 aliphatic heterocycles. The predicted octanol–water partition coefficient (Wildman–Crippen LogP) is 3.39. The fraction of sp³-hybridized carbons (Fsp3) is 0.250. The Bertz CT molecular complexity index is 900. The molecular weight excluding hydrogens is 330 g/mol. The second-order valence-electron chi connectivity index (χ2n) is 6.40. The highest BCUT2D eigenvalue weighted by Gasteiger charge is 2.39. The molecule has 2 atom stereocenters. The lowest BCUT2D eigenvalue weighted by atomic mass is 9.89. The summed E-state index contributed by atoms with van der Waals surface area (Å²) in [7, 11) is 0. The number of aryl methyl sites for hydroxylation is 1. The Morgan fingerprint density at radius 3 is 2.65 bits per heavy atom. The maximum Gasteiger partial charge on any atom is 0.246 e. The molecule has 0 bridgehead atoms. The average molecular weight is 349 g/mol. The van der Waals surface area contributed by atoms with Crippen molar-refractivity contribution >= 4 is 12.0 Å². The van der Waals surface area contributed by atoms with Crippen LogP contribution in [0.1, 0.15) is 34.9 Å². The maximum absolute atomic E-state index is 12.6. The van der Waals surface area contributed by atoms with Crippen LogP contribution in [-0.2, 0) is 4.79 Å². The van der Waals surface area contributed by atoms with Crippen LogP contribution in [-0.4, -0.2) is 34.0 Å². The minimum atomic E-state index is -0.0546. The molecule has 1 fully saturated rings. The van der Waals surface area contributed by atoms with Gasteiger partial charge in [-0.05, 0) is 30.7 Å². The summed E-state index contributed by atoms with van der Waals surface area (Å²) in [5.41, 5.74) is 1.17. The van der Waals surface area contributed by atoms with Crippen molar-refractivity contribution in [3.63, 3.8) is 0 Å². The van der Waals surface area contributed by atoms with Crippen LogP contribution in [0.2, 0.25) is 0 Å². The van der Waals surface area contributed by atoms with Gasteiger partial charge in [-0.25, -0.2) is 0 Å². The number of hydrogen-bond donors (Lipinski definition) is 0. The fourth-order valence-electron chi connectivity index (χ4n) is 3.38. The molecule has 132 valence electrons. The van der Waals surface area contributed by atoms with E-state index in [1.165, 1.54) is 5.56 Å². The second kappa shape index (κ2) is 7.00. The predicted molar refractivity (Wildman–Crippen MR) is 95.3 cm³/mol. The van der Waals surface area contributed by atoms with Gasteiger partial charge in [0.25, 0.3) is 0 Å². The molecule has 6 heteroatoms.